The van der Waals surface area contributed by atoms with E-state index in [2.05, 4.69) is 17.0 Å². The normalized spacial score (nSPS) is 10.7. The predicted octanol–water partition coefficient (Wildman–Crippen LogP) is 2.08. The number of carbonyl (C=O) groups is 1. The molecule has 0 aliphatic heterocycles. The Hall–Kier alpha value is -2.17. The smallest absolute Gasteiger partial charge is 0.307 e. The van der Waals surface area contributed by atoms with Crippen molar-refractivity contribution in [2.24, 2.45) is 0 Å². The van der Waals surface area contributed by atoms with Crippen molar-refractivity contribution in [3.8, 4) is 0 Å². The second-order valence-electron chi connectivity index (χ2n) is 4.70. The zero-order valence-corrected chi connectivity index (χ0v) is 11.8. The molecule has 0 saturated heterocycles. The van der Waals surface area contributed by atoms with Gasteiger partial charge in [0, 0.05) is 12.8 Å². The van der Waals surface area contributed by atoms with Crippen molar-refractivity contribution in [1.29, 1.82) is 0 Å². The largest absolute Gasteiger partial charge is 0.481 e. The molecule has 1 aromatic carbocycles. The highest BCUT2D eigenvalue weighted by Crippen LogP contribution is 2.09. The fourth-order valence-electron chi connectivity index (χ4n) is 2.07. The van der Waals surface area contributed by atoms with Crippen molar-refractivity contribution >= 4 is 5.97 Å². The molecule has 0 amide bonds. The average molecular weight is 273 g/mol. The first-order valence-electron chi connectivity index (χ1n) is 6.84. The van der Waals surface area contributed by atoms with Crippen LogP contribution < -0.4 is 0 Å². The van der Waals surface area contributed by atoms with Crippen LogP contribution in [0.2, 0.25) is 0 Å². The summed E-state index contributed by atoms with van der Waals surface area (Å²) in [6.07, 6.45) is 1.74. The maximum absolute atomic E-state index is 10.6. The van der Waals surface area contributed by atoms with Gasteiger partial charge in [-0.15, -0.1) is 0 Å². The van der Waals surface area contributed by atoms with Gasteiger partial charge in [0.1, 0.15) is 5.82 Å². The molecule has 0 bridgehead atoms. The van der Waals surface area contributed by atoms with Gasteiger partial charge in [0.05, 0.1) is 13.0 Å². The number of aliphatic carboxylic acids is 1. The maximum Gasteiger partial charge on any atom is 0.307 e. The van der Waals surface area contributed by atoms with E-state index in [1.54, 1.807) is 0 Å². The minimum absolute atomic E-state index is 0.0593. The van der Waals surface area contributed by atoms with Gasteiger partial charge in [-0.3, -0.25) is 4.79 Å². The third kappa shape index (κ3) is 3.44. The van der Waals surface area contributed by atoms with Crippen LogP contribution in [0.4, 0.5) is 0 Å². The molecule has 1 aromatic heterocycles. The van der Waals surface area contributed by atoms with Gasteiger partial charge in [0.15, 0.2) is 5.82 Å². The molecule has 5 nitrogen and oxygen atoms in total. The topological polar surface area (TPSA) is 68.0 Å². The van der Waals surface area contributed by atoms with E-state index in [0.717, 1.165) is 35.6 Å². The predicted molar refractivity (Wildman–Crippen MR) is 75.7 cm³/mol. The summed E-state index contributed by atoms with van der Waals surface area (Å²) >= 11 is 0. The number of benzene rings is 1. The lowest BCUT2D eigenvalue weighted by atomic mass is 10.1. The van der Waals surface area contributed by atoms with Gasteiger partial charge in [0.2, 0.25) is 0 Å². The lowest BCUT2D eigenvalue weighted by Gasteiger charge is -2.05. The van der Waals surface area contributed by atoms with E-state index in [9.17, 15) is 4.79 Å². The Morgan fingerprint density at radius 1 is 1.15 bits per heavy atom. The van der Waals surface area contributed by atoms with Crippen LogP contribution >= 0.6 is 0 Å². The van der Waals surface area contributed by atoms with Gasteiger partial charge in [-0.25, -0.2) is 9.67 Å². The van der Waals surface area contributed by atoms with E-state index in [1.807, 2.05) is 35.9 Å². The number of carboxylic acids is 1. The summed E-state index contributed by atoms with van der Waals surface area (Å²) in [6.45, 7) is 4.78. The molecule has 0 aliphatic rings. The molecule has 0 atom stereocenters. The van der Waals surface area contributed by atoms with Gasteiger partial charge in [-0.2, -0.15) is 5.10 Å². The highest BCUT2D eigenvalue weighted by atomic mass is 16.4. The van der Waals surface area contributed by atoms with Gasteiger partial charge in [-0.1, -0.05) is 38.1 Å². The molecular weight excluding hydrogens is 254 g/mol. The molecule has 20 heavy (non-hydrogen) atoms. The molecule has 0 saturated carbocycles. The Morgan fingerprint density at radius 3 is 2.35 bits per heavy atom. The van der Waals surface area contributed by atoms with Crippen molar-refractivity contribution in [3.05, 3.63) is 47.0 Å². The van der Waals surface area contributed by atoms with Crippen LogP contribution in [0, 0.1) is 0 Å². The second-order valence-corrected chi connectivity index (χ2v) is 4.70. The van der Waals surface area contributed by atoms with E-state index in [-0.39, 0.29) is 6.42 Å². The van der Waals surface area contributed by atoms with Crippen LogP contribution in [-0.4, -0.2) is 25.8 Å². The van der Waals surface area contributed by atoms with E-state index in [4.69, 9.17) is 5.11 Å². The number of hydrogen-bond donors (Lipinski definition) is 1. The molecule has 0 fully saturated rings. The molecule has 1 N–H and O–H groups in total. The van der Waals surface area contributed by atoms with Crippen molar-refractivity contribution in [2.45, 2.75) is 39.7 Å². The summed E-state index contributed by atoms with van der Waals surface area (Å²) in [7, 11) is 0. The molecular formula is C15H19N3O2. The summed E-state index contributed by atoms with van der Waals surface area (Å²) in [5, 5.41) is 13.2. The first-order valence-corrected chi connectivity index (χ1v) is 6.84. The lowest BCUT2D eigenvalue weighted by Crippen LogP contribution is -2.07. The van der Waals surface area contributed by atoms with E-state index in [0.29, 0.717) is 6.54 Å². The SMILES string of the molecule is CCc1nc(CC)n(Cc2ccc(CC(=O)O)cc2)n1. The average Bonchev–Trinajstić information content (AvgIpc) is 2.82. The van der Waals surface area contributed by atoms with Crippen LogP contribution in [0.1, 0.15) is 36.6 Å². The quantitative estimate of drug-likeness (QED) is 0.875. The zero-order valence-electron chi connectivity index (χ0n) is 11.8. The minimum Gasteiger partial charge on any atom is -0.481 e. The lowest BCUT2D eigenvalue weighted by molar-refractivity contribution is -0.136. The van der Waals surface area contributed by atoms with Gasteiger partial charge < -0.3 is 5.11 Å². The number of rotatable bonds is 6. The Bertz CT molecular complexity index is 588. The van der Waals surface area contributed by atoms with E-state index < -0.39 is 5.97 Å². The Labute approximate surface area is 118 Å². The highest BCUT2D eigenvalue weighted by molar-refractivity contribution is 5.70. The number of nitrogens with zero attached hydrogens (tertiary/aromatic N) is 3. The molecule has 0 unspecified atom stereocenters. The molecule has 0 radical (unpaired) electrons. The van der Waals surface area contributed by atoms with Crippen LogP contribution in [0.5, 0.6) is 0 Å². The Balaban J connectivity index is 2.13. The molecule has 2 rings (SSSR count). The van der Waals surface area contributed by atoms with Crippen LogP contribution in [0.15, 0.2) is 24.3 Å². The third-order valence-corrected chi connectivity index (χ3v) is 3.14. The molecule has 1 heterocycles. The maximum atomic E-state index is 10.6. The van der Waals surface area contributed by atoms with Crippen molar-refractivity contribution < 1.29 is 9.90 Å². The number of hydrogen-bond acceptors (Lipinski definition) is 3. The number of aromatic nitrogens is 3. The standard InChI is InChI=1S/C15H19N3O2/c1-3-13-16-14(4-2)18(17-13)10-12-7-5-11(6-8-12)9-15(19)20/h5-8H,3-4,9-10H2,1-2H3,(H,19,20). The van der Waals surface area contributed by atoms with Crippen LogP contribution in [0.3, 0.4) is 0 Å². The summed E-state index contributed by atoms with van der Waals surface area (Å²) < 4.78 is 1.92. The van der Waals surface area contributed by atoms with Gasteiger partial charge in [0.25, 0.3) is 0 Å². The summed E-state index contributed by atoms with van der Waals surface area (Å²) in [5.41, 5.74) is 1.91. The molecule has 0 spiro atoms. The van der Waals surface area contributed by atoms with Crippen molar-refractivity contribution in [2.75, 3.05) is 0 Å². The van der Waals surface area contributed by atoms with E-state index in [1.165, 1.54) is 0 Å². The monoisotopic (exact) mass is 273 g/mol. The molecule has 106 valence electrons. The first-order chi connectivity index (χ1) is 9.62. The van der Waals surface area contributed by atoms with Gasteiger partial charge >= 0.3 is 5.97 Å². The second kappa shape index (κ2) is 6.32. The molecule has 0 aliphatic carbocycles. The summed E-state index contributed by atoms with van der Waals surface area (Å²) in [4.78, 5) is 15.1. The third-order valence-electron chi connectivity index (χ3n) is 3.14. The molecule has 2 aromatic rings. The summed E-state index contributed by atoms with van der Waals surface area (Å²) in [6, 6.07) is 7.61. The summed E-state index contributed by atoms with van der Waals surface area (Å²) in [5.74, 6) is 1.04. The minimum atomic E-state index is -0.810. The number of carboxylic acid groups (broad SMARTS) is 1. The van der Waals surface area contributed by atoms with Crippen molar-refractivity contribution in [3.63, 3.8) is 0 Å². The Kier molecular flexibility index (Phi) is 4.50. The fourth-order valence-corrected chi connectivity index (χ4v) is 2.07. The number of aryl methyl sites for hydroxylation is 2. The Morgan fingerprint density at radius 2 is 1.80 bits per heavy atom. The fraction of sp³-hybridized carbons (Fsp3) is 0.400. The zero-order chi connectivity index (χ0) is 14.5. The first kappa shape index (κ1) is 14.2. The van der Waals surface area contributed by atoms with Crippen LogP contribution in [0.25, 0.3) is 0 Å². The van der Waals surface area contributed by atoms with E-state index >= 15 is 0 Å². The van der Waals surface area contributed by atoms with Gasteiger partial charge in [-0.05, 0) is 11.1 Å². The highest BCUT2D eigenvalue weighted by Gasteiger charge is 2.08. The van der Waals surface area contributed by atoms with Crippen LogP contribution in [-0.2, 0) is 30.6 Å². The molecule has 5 heteroatoms. The van der Waals surface area contributed by atoms with Crippen molar-refractivity contribution in [1.82, 2.24) is 14.8 Å².